The average Bonchev–Trinajstić information content (AvgIpc) is 3.59. The molecule has 2 N–H and O–H groups in total. The molecule has 2 spiro atoms. The normalized spacial score (nSPS) is 29.4. The first kappa shape index (κ1) is 23.0. The molecule has 186 valence electrons. The number of halogens is 2. The summed E-state index contributed by atoms with van der Waals surface area (Å²) >= 11 is 12.8. The quantitative estimate of drug-likeness (QED) is 0.439. The maximum Gasteiger partial charge on any atom is 0.250 e. The van der Waals surface area contributed by atoms with Gasteiger partial charge in [-0.25, -0.2) is 0 Å². The molecule has 0 saturated carbocycles. The van der Waals surface area contributed by atoms with Gasteiger partial charge in [0.1, 0.15) is 11.0 Å². The van der Waals surface area contributed by atoms with Crippen LogP contribution in [0.25, 0.3) is 0 Å². The number of hydrogen-bond donors (Lipinski definition) is 2. The third-order valence-electron chi connectivity index (χ3n) is 8.83. The molecule has 6 nitrogen and oxygen atoms in total. The lowest BCUT2D eigenvalue weighted by Crippen LogP contribution is -2.55. The molecule has 2 amide bonds. The summed E-state index contributed by atoms with van der Waals surface area (Å²) in [7, 11) is 0. The summed E-state index contributed by atoms with van der Waals surface area (Å²) in [5, 5.41) is 6.76. The number of fused-ring (bicyclic) bond motifs is 7. The Balaban J connectivity index is 1.60. The molecule has 4 aliphatic rings. The minimum absolute atomic E-state index is 0.199. The number of rotatable bonds is 2. The number of anilines is 2. The largest absolute Gasteiger partial charge is 0.325 e. The number of carbonyl (C=O) groups is 3. The first-order chi connectivity index (χ1) is 17.8. The van der Waals surface area contributed by atoms with Crippen LogP contribution in [0.3, 0.4) is 0 Å². The van der Waals surface area contributed by atoms with Gasteiger partial charge in [0.2, 0.25) is 11.8 Å². The fraction of sp³-hybridized carbons (Fsp3) is 0.276. The zero-order valence-corrected chi connectivity index (χ0v) is 21.5. The predicted molar refractivity (Wildman–Crippen MR) is 142 cm³/mol. The predicted octanol–water partition coefficient (Wildman–Crippen LogP) is 5.32. The Morgan fingerprint density at radius 3 is 2.57 bits per heavy atom. The lowest BCUT2D eigenvalue weighted by atomic mass is 9.60. The van der Waals surface area contributed by atoms with Crippen molar-refractivity contribution >= 4 is 52.2 Å². The Kier molecular flexibility index (Phi) is 4.76. The van der Waals surface area contributed by atoms with E-state index in [1.807, 2.05) is 49.4 Å². The van der Waals surface area contributed by atoms with E-state index < -0.39 is 16.9 Å². The van der Waals surface area contributed by atoms with Crippen LogP contribution in [0.5, 0.6) is 0 Å². The van der Waals surface area contributed by atoms with Gasteiger partial charge in [-0.3, -0.25) is 19.3 Å². The SMILES string of the molecule is Cc1cccc2c1NC(=O)[C@]21[C@H](C(=O)c2ccc(Cl)cc2Cl)[C@]2(C(=O)Nc3ccccc32)[C@H]2CCCN21. The summed E-state index contributed by atoms with van der Waals surface area (Å²) in [5.74, 6) is -1.91. The number of benzene rings is 3. The molecule has 4 aliphatic heterocycles. The maximum atomic E-state index is 14.8. The van der Waals surface area contributed by atoms with Crippen LogP contribution >= 0.6 is 23.2 Å². The van der Waals surface area contributed by atoms with Crippen LogP contribution < -0.4 is 10.6 Å². The van der Waals surface area contributed by atoms with E-state index in [0.29, 0.717) is 29.4 Å². The molecule has 0 radical (unpaired) electrons. The third-order valence-corrected chi connectivity index (χ3v) is 9.38. The first-order valence-corrected chi connectivity index (χ1v) is 13.2. The second-order valence-electron chi connectivity index (χ2n) is 10.4. The van der Waals surface area contributed by atoms with E-state index in [9.17, 15) is 14.4 Å². The average molecular weight is 532 g/mol. The van der Waals surface area contributed by atoms with Crippen molar-refractivity contribution in [2.24, 2.45) is 5.92 Å². The van der Waals surface area contributed by atoms with Crippen LogP contribution in [0, 0.1) is 12.8 Å². The van der Waals surface area contributed by atoms with Crippen LogP contribution in [-0.2, 0) is 20.5 Å². The van der Waals surface area contributed by atoms with E-state index in [4.69, 9.17) is 23.2 Å². The standard InChI is InChI=1S/C29H23Cl2N3O3/c1-15-6-4-8-19-23(15)33-27(37)29(19)25(24(35)17-12-11-16(30)14-20(17)31)28(22-10-5-13-34(22)29)18-7-2-3-9-21(18)32-26(28)36/h2-4,6-9,11-12,14,22,25H,5,10,13H2,1H3,(H,32,36)(H,33,37)/t22-,25-,28-,29-/m1/s1. The van der Waals surface area contributed by atoms with Gasteiger partial charge >= 0.3 is 0 Å². The van der Waals surface area contributed by atoms with E-state index in [1.54, 1.807) is 12.1 Å². The van der Waals surface area contributed by atoms with Crippen molar-refractivity contribution in [1.82, 2.24) is 4.90 Å². The number of aryl methyl sites for hydroxylation is 1. The fourth-order valence-corrected chi connectivity index (χ4v) is 8.07. The summed E-state index contributed by atoms with van der Waals surface area (Å²) in [5.41, 5.74) is 1.41. The van der Waals surface area contributed by atoms with Crippen molar-refractivity contribution in [2.75, 3.05) is 17.2 Å². The zero-order chi connectivity index (χ0) is 25.7. The number of carbonyl (C=O) groups excluding carboxylic acids is 3. The molecule has 4 heterocycles. The van der Waals surface area contributed by atoms with Crippen molar-refractivity contribution in [3.05, 3.63) is 93.0 Å². The van der Waals surface area contributed by atoms with Gasteiger partial charge in [0.15, 0.2) is 5.78 Å². The smallest absolute Gasteiger partial charge is 0.250 e. The van der Waals surface area contributed by atoms with Gasteiger partial charge in [0.25, 0.3) is 0 Å². The number of ketones is 1. The maximum absolute atomic E-state index is 14.8. The molecule has 3 aromatic carbocycles. The summed E-state index contributed by atoms with van der Waals surface area (Å²) in [6, 6.07) is 17.7. The van der Waals surface area contributed by atoms with E-state index in [1.165, 1.54) is 6.07 Å². The number of para-hydroxylation sites is 2. The number of nitrogens with one attached hydrogen (secondary N) is 2. The van der Waals surface area contributed by atoms with Crippen LogP contribution in [0.4, 0.5) is 11.4 Å². The first-order valence-electron chi connectivity index (χ1n) is 12.4. The Bertz CT molecular complexity index is 1560. The van der Waals surface area contributed by atoms with Crippen LogP contribution in [-0.4, -0.2) is 35.1 Å². The Morgan fingerprint density at radius 2 is 1.76 bits per heavy atom. The molecule has 0 bridgehead atoms. The number of hydrogen-bond acceptors (Lipinski definition) is 4. The lowest BCUT2D eigenvalue weighted by molar-refractivity contribution is -0.128. The van der Waals surface area contributed by atoms with Crippen molar-refractivity contribution in [1.29, 1.82) is 0 Å². The second-order valence-corrected chi connectivity index (χ2v) is 11.2. The Hall–Kier alpha value is -3.19. The highest BCUT2D eigenvalue weighted by Crippen LogP contribution is 2.66. The molecule has 0 aromatic heterocycles. The minimum atomic E-state index is -1.36. The molecule has 2 saturated heterocycles. The molecule has 4 atom stereocenters. The minimum Gasteiger partial charge on any atom is -0.325 e. The van der Waals surface area contributed by atoms with Crippen LogP contribution in [0.1, 0.15) is 39.9 Å². The van der Waals surface area contributed by atoms with Crippen LogP contribution in [0.15, 0.2) is 60.7 Å². The third kappa shape index (κ3) is 2.63. The van der Waals surface area contributed by atoms with Crippen molar-refractivity contribution < 1.29 is 14.4 Å². The molecule has 0 aliphatic carbocycles. The molecule has 2 fully saturated rings. The van der Waals surface area contributed by atoms with Gasteiger partial charge in [0, 0.05) is 33.6 Å². The van der Waals surface area contributed by atoms with Gasteiger partial charge in [-0.15, -0.1) is 0 Å². The van der Waals surface area contributed by atoms with Crippen molar-refractivity contribution in [2.45, 2.75) is 36.8 Å². The summed E-state index contributed by atoms with van der Waals surface area (Å²) in [6.07, 6.45) is 1.51. The van der Waals surface area contributed by atoms with E-state index >= 15 is 0 Å². The monoisotopic (exact) mass is 531 g/mol. The van der Waals surface area contributed by atoms with Crippen LogP contribution in [0.2, 0.25) is 10.0 Å². The highest BCUT2D eigenvalue weighted by atomic mass is 35.5. The van der Waals surface area contributed by atoms with Gasteiger partial charge in [-0.1, -0.05) is 59.6 Å². The zero-order valence-electron chi connectivity index (χ0n) is 20.0. The summed E-state index contributed by atoms with van der Waals surface area (Å²) in [4.78, 5) is 45.5. The summed E-state index contributed by atoms with van der Waals surface area (Å²) in [6.45, 7) is 2.54. The topological polar surface area (TPSA) is 78.5 Å². The molecule has 8 heteroatoms. The molecule has 7 rings (SSSR count). The Morgan fingerprint density at radius 1 is 0.973 bits per heavy atom. The Labute approximate surface area is 223 Å². The second kappa shape index (κ2) is 7.67. The highest BCUT2D eigenvalue weighted by Gasteiger charge is 2.78. The molecule has 0 unspecified atom stereocenters. The number of amides is 2. The molecular weight excluding hydrogens is 509 g/mol. The van der Waals surface area contributed by atoms with E-state index in [0.717, 1.165) is 23.1 Å². The highest BCUT2D eigenvalue weighted by molar-refractivity contribution is 6.37. The number of nitrogens with zero attached hydrogens (tertiary/aromatic N) is 1. The van der Waals surface area contributed by atoms with Gasteiger partial charge in [-0.05, 0) is 61.7 Å². The van der Waals surface area contributed by atoms with Crippen molar-refractivity contribution in [3.8, 4) is 0 Å². The van der Waals surface area contributed by atoms with E-state index in [2.05, 4.69) is 15.5 Å². The van der Waals surface area contributed by atoms with Gasteiger partial charge < -0.3 is 10.6 Å². The summed E-state index contributed by atoms with van der Waals surface area (Å²) < 4.78 is 0. The molecule has 3 aromatic rings. The van der Waals surface area contributed by atoms with E-state index in [-0.39, 0.29) is 34.2 Å². The fourth-order valence-electron chi connectivity index (χ4n) is 7.56. The van der Waals surface area contributed by atoms with Crippen molar-refractivity contribution in [3.63, 3.8) is 0 Å². The number of Topliss-reactive ketones (excluding diaryl/α,β-unsaturated/α-hetero) is 1. The van der Waals surface area contributed by atoms with Gasteiger partial charge in [-0.2, -0.15) is 0 Å². The molecule has 37 heavy (non-hydrogen) atoms. The van der Waals surface area contributed by atoms with Gasteiger partial charge in [0.05, 0.1) is 10.9 Å². The molecular formula is C29H23Cl2N3O3. The lowest BCUT2D eigenvalue weighted by Gasteiger charge is -2.38.